The van der Waals surface area contributed by atoms with Crippen LogP contribution in [0.2, 0.25) is 0 Å². The van der Waals surface area contributed by atoms with Gasteiger partial charge in [-0.25, -0.2) is 13.4 Å². The number of aromatic nitrogens is 1. The Kier molecular flexibility index (Phi) is 10.1. The third-order valence-electron chi connectivity index (χ3n) is 4.88. The van der Waals surface area contributed by atoms with Crippen LogP contribution in [-0.2, 0) is 14.6 Å². The Labute approximate surface area is 205 Å². The molecule has 2 aromatic carbocycles. The monoisotopic (exact) mass is 511 g/mol. The second kappa shape index (κ2) is 12.3. The van der Waals surface area contributed by atoms with Crippen molar-refractivity contribution in [3.63, 3.8) is 0 Å². The van der Waals surface area contributed by atoms with Gasteiger partial charge in [0.05, 0.1) is 22.0 Å². The minimum absolute atomic E-state index is 0. The molecule has 0 unspecified atom stereocenters. The summed E-state index contributed by atoms with van der Waals surface area (Å²) >= 11 is 1.41. The summed E-state index contributed by atoms with van der Waals surface area (Å²) in [5.74, 6) is 0.190. The first-order valence-corrected chi connectivity index (χ1v) is 13.0. The Bertz CT molecular complexity index is 1150. The first kappa shape index (κ1) is 27.0. The van der Waals surface area contributed by atoms with E-state index >= 15 is 0 Å². The lowest BCUT2D eigenvalue weighted by Gasteiger charge is -2.21. The average molecular weight is 512 g/mol. The van der Waals surface area contributed by atoms with E-state index in [4.69, 9.17) is 4.74 Å². The van der Waals surface area contributed by atoms with Crippen molar-refractivity contribution < 1.29 is 17.9 Å². The molecule has 1 heterocycles. The second-order valence-corrected chi connectivity index (χ2v) is 10.7. The number of carbonyl (C=O) groups is 1. The van der Waals surface area contributed by atoms with E-state index in [9.17, 15) is 13.2 Å². The molecule has 0 atom stereocenters. The Morgan fingerprint density at radius 1 is 1.06 bits per heavy atom. The number of fused-ring (bicyclic) bond motifs is 1. The Morgan fingerprint density at radius 3 is 2.45 bits per heavy atom. The second-order valence-electron chi connectivity index (χ2n) is 7.62. The number of thiazole rings is 1. The largest absolute Gasteiger partial charge is 0.492 e. The van der Waals surface area contributed by atoms with Crippen molar-refractivity contribution in [3.05, 3.63) is 48.5 Å². The fraction of sp³-hybridized carbons (Fsp3) is 0.391. The van der Waals surface area contributed by atoms with Gasteiger partial charge in [-0.05, 0) is 58.3 Å². The van der Waals surface area contributed by atoms with E-state index in [1.807, 2.05) is 44.1 Å². The third-order valence-corrected chi connectivity index (χ3v) is 7.65. The summed E-state index contributed by atoms with van der Waals surface area (Å²) < 4.78 is 31.9. The maximum absolute atomic E-state index is 13.2. The number of para-hydroxylation sites is 1. The number of hydrogen-bond acceptors (Lipinski definition) is 7. The first-order chi connectivity index (χ1) is 15.3. The maximum atomic E-state index is 13.2. The highest BCUT2D eigenvalue weighted by atomic mass is 35.5. The van der Waals surface area contributed by atoms with E-state index in [2.05, 4.69) is 4.98 Å². The smallest absolute Gasteiger partial charge is 0.229 e. The van der Waals surface area contributed by atoms with Crippen molar-refractivity contribution in [1.82, 2.24) is 9.88 Å². The van der Waals surface area contributed by atoms with Crippen LogP contribution in [0.15, 0.2) is 53.4 Å². The molecule has 0 aliphatic heterocycles. The summed E-state index contributed by atoms with van der Waals surface area (Å²) in [5, 5.41) is 0.563. The molecule has 0 spiro atoms. The first-order valence-electron chi connectivity index (χ1n) is 10.6. The molecule has 0 fully saturated rings. The van der Waals surface area contributed by atoms with Crippen LogP contribution < -0.4 is 9.64 Å². The van der Waals surface area contributed by atoms with E-state index in [0.717, 1.165) is 23.2 Å². The van der Waals surface area contributed by atoms with Crippen molar-refractivity contribution in [2.24, 2.45) is 0 Å². The topological polar surface area (TPSA) is 79.8 Å². The number of sulfone groups is 1. The van der Waals surface area contributed by atoms with E-state index < -0.39 is 9.84 Å². The third kappa shape index (κ3) is 7.14. The highest BCUT2D eigenvalue weighted by molar-refractivity contribution is 7.91. The molecule has 180 valence electrons. The molecule has 0 N–H and O–H groups in total. The zero-order valence-corrected chi connectivity index (χ0v) is 21.5. The van der Waals surface area contributed by atoms with E-state index in [-0.39, 0.29) is 35.4 Å². The molecule has 0 aliphatic rings. The van der Waals surface area contributed by atoms with Gasteiger partial charge in [-0.3, -0.25) is 9.69 Å². The number of ether oxygens (including phenoxy) is 1. The van der Waals surface area contributed by atoms with Crippen LogP contribution in [-0.4, -0.2) is 63.8 Å². The average Bonchev–Trinajstić information content (AvgIpc) is 3.21. The highest BCUT2D eigenvalue weighted by Gasteiger charge is 2.23. The summed E-state index contributed by atoms with van der Waals surface area (Å²) in [6.45, 7) is 3.71. The van der Waals surface area contributed by atoms with Gasteiger partial charge in [0, 0.05) is 13.0 Å². The zero-order chi connectivity index (χ0) is 23.1. The van der Waals surface area contributed by atoms with E-state index in [1.165, 1.54) is 11.3 Å². The lowest BCUT2D eigenvalue weighted by Crippen LogP contribution is -2.34. The Hall–Kier alpha value is -2.20. The highest BCUT2D eigenvalue weighted by Crippen LogP contribution is 2.34. The van der Waals surface area contributed by atoms with Gasteiger partial charge >= 0.3 is 0 Å². The molecule has 0 saturated carbocycles. The number of amides is 1. The Balaban J connectivity index is 0.00000385. The van der Waals surface area contributed by atoms with Crippen LogP contribution >= 0.6 is 23.7 Å². The van der Waals surface area contributed by atoms with Gasteiger partial charge in [0.1, 0.15) is 11.3 Å². The molecule has 10 heteroatoms. The molecule has 3 rings (SSSR count). The van der Waals surface area contributed by atoms with Gasteiger partial charge in [-0.1, -0.05) is 35.6 Å². The Morgan fingerprint density at radius 2 is 1.79 bits per heavy atom. The van der Waals surface area contributed by atoms with Crippen molar-refractivity contribution in [3.8, 4) is 5.75 Å². The molecule has 3 aromatic rings. The number of halogens is 1. The van der Waals surface area contributed by atoms with E-state index in [1.54, 1.807) is 35.2 Å². The van der Waals surface area contributed by atoms with Crippen LogP contribution in [0.25, 0.3) is 10.2 Å². The van der Waals surface area contributed by atoms with Crippen LogP contribution in [0.3, 0.4) is 0 Å². The van der Waals surface area contributed by atoms with E-state index in [0.29, 0.717) is 24.0 Å². The van der Waals surface area contributed by atoms with Crippen molar-refractivity contribution in [1.29, 1.82) is 0 Å². The number of hydrogen-bond donors (Lipinski definition) is 0. The lowest BCUT2D eigenvalue weighted by atomic mass is 10.3. The van der Waals surface area contributed by atoms with Crippen LogP contribution in [0.1, 0.15) is 19.8 Å². The molecular formula is C23H30ClN3O4S2. The molecule has 1 aromatic heterocycles. The fourth-order valence-electron chi connectivity index (χ4n) is 3.27. The summed E-state index contributed by atoms with van der Waals surface area (Å²) in [6.07, 6.45) is 0.645. The molecule has 33 heavy (non-hydrogen) atoms. The van der Waals surface area contributed by atoms with Crippen molar-refractivity contribution in [2.45, 2.75) is 24.7 Å². The maximum Gasteiger partial charge on any atom is 0.229 e. The summed E-state index contributed by atoms with van der Waals surface area (Å²) in [5.41, 5.74) is 0.719. The predicted octanol–water partition coefficient (Wildman–Crippen LogP) is 4.27. The number of anilines is 1. The molecular weight excluding hydrogens is 482 g/mol. The van der Waals surface area contributed by atoms with Crippen LogP contribution in [0.4, 0.5) is 5.13 Å². The van der Waals surface area contributed by atoms with Gasteiger partial charge in [-0.15, -0.1) is 12.4 Å². The van der Waals surface area contributed by atoms with Crippen LogP contribution in [0, 0.1) is 0 Å². The van der Waals surface area contributed by atoms with Gasteiger partial charge < -0.3 is 9.64 Å². The molecule has 1 amide bonds. The SMILES string of the molecule is CCOc1cccc2sc(N(CCCN(C)C)C(=O)CCS(=O)(=O)c3ccccc3)nc12.Cl. The molecule has 0 bridgehead atoms. The standard InChI is InChI=1S/C23H29N3O4S2.ClH/c1-4-30-19-12-8-13-20-22(19)24-23(31-20)26(16-9-15-25(2)3)21(27)14-17-32(28,29)18-10-6-5-7-11-18;/h5-8,10-13H,4,9,14-17H2,1-3H3;1H. The number of benzene rings is 2. The number of carbonyl (C=O) groups excluding carboxylic acids is 1. The molecule has 0 saturated heterocycles. The lowest BCUT2D eigenvalue weighted by molar-refractivity contribution is -0.118. The minimum atomic E-state index is -3.54. The van der Waals surface area contributed by atoms with Crippen molar-refractivity contribution >= 4 is 54.8 Å². The molecule has 0 aliphatic carbocycles. The predicted molar refractivity (Wildman–Crippen MR) is 137 cm³/mol. The quantitative estimate of drug-likeness (QED) is 0.382. The van der Waals surface area contributed by atoms with Gasteiger partial charge in [-0.2, -0.15) is 0 Å². The fourth-order valence-corrected chi connectivity index (χ4v) is 5.55. The van der Waals surface area contributed by atoms with Gasteiger partial charge in [0.25, 0.3) is 0 Å². The molecule has 7 nitrogen and oxygen atoms in total. The number of rotatable bonds is 11. The summed E-state index contributed by atoms with van der Waals surface area (Å²) in [7, 11) is 0.417. The summed E-state index contributed by atoms with van der Waals surface area (Å²) in [6, 6.07) is 13.9. The molecule has 0 radical (unpaired) electrons. The minimum Gasteiger partial charge on any atom is -0.492 e. The van der Waals surface area contributed by atoms with Crippen LogP contribution in [0.5, 0.6) is 5.75 Å². The summed E-state index contributed by atoms with van der Waals surface area (Å²) in [4.78, 5) is 21.8. The van der Waals surface area contributed by atoms with Gasteiger partial charge in [0.2, 0.25) is 5.91 Å². The number of nitrogens with zero attached hydrogens (tertiary/aromatic N) is 3. The zero-order valence-electron chi connectivity index (χ0n) is 19.1. The normalized spacial score (nSPS) is 11.4. The van der Waals surface area contributed by atoms with Crippen molar-refractivity contribution in [2.75, 3.05) is 44.4 Å². The van der Waals surface area contributed by atoms with Gasteiger partial charge in [0.15, 0.2) is 15.0 Å².